The topological polar surface area (TPSA) is 40.6 Å². The lowest BCUT2D eigenvalue weighted by Gasteiger charge is -2.13. The van der Waals surface area contributed by atoms with E-state index in [4.69, 9.17) is 0 Å². The molecule has 1 saturated heterocycles. The number of anilines is 1. The molecule has 0 aliphatic carbocycles. The number of rotatable bonds is 4. The molecule has 6 heteroatoms. The van der Waals surface area contributed by atoms with Gasteiger partial charge in [0, 0.05) is 24.3 Å². The van der Waals surface area contributed by atoms with Gasteiger partial charge in [-0.1, -0.05) is 46.3 Å². The first-order valence-electron chi connectivity index (χ1n) is 7.72. The van der Waals surface area contributed by atoms with Gasteiger partial charge in [0.1, 0.15) is 0 Å². The second kappa shape index (κ2) is 7.45. The van der Waals surface area contributed by atoms with Gasteiger partial charge in [-0.25, -0.2) is 0 Å². The summed E-state index contributed by atoms with van der Waals surface area (Å²) >= 11 is 4.44. The quantitative estimate of drug-likeness (QED) is 0.674. The van der Waals surface area contributed by atoms with Crippen LogP contribution in [0.5, 0.6) is 0 Å². The second-order valence-corrected chi connectivity index (χ2v) is 7.69. The van der Waals surface area contributed by atoms with Gasteiger partial charge in [0.05, 0.1) is 11.4 Å². The average Bonchev–Trinajstić information content (AvgIpc) is 2.85. The summed E-state index contributed by atoms with van der Waals surface area (Å²) in [5.41, 5.74) is 2.89. The van der Waals surface area contributed by atoms with Crippen LogP contribution in [-0.4, -0.2) is 30.1 Å². The summed E-state index contributed by atoms with van der Waals surface area (Å²) in [5.74, 6) is -0.248. The summed E-state index contributed by atoms with van der Waals surface area (Å²) in [6.45, 7) is 0.267. The largest absolute Gasteiger partial charge is 0.378 e. The second-order valence-electron chi connectivity index (χ2n) is 5.85. The standard InChI is InChI=1S/C19H17BrN2O2S/c1-21(2)15-9-7-13(8-10-15)11-17-18(23)22(19(24)25-17)12-14-5-3-4-6-16(14)20/h3-11H,12H2,1-2H3/b17-11+. The summed E-state index contributed by atoms with van der Waals surface area (Å²) < 4.78 is 0.886. The Labute approximate surface area is 159 Å². The molecule has 0 aromatic heterocycles. The number of benzene rings is 2. The van der Waals surface area contributed by atoms with Gasteiger partial charge >= 0.3 is 0 Å². The Morgan fingerprint density at radius 3 is 2.40 bits per heavy atom. The van der Waals surface area contributed by atoms with Gasteiger partial charge in [0.25, 0.3) is 11.1 Å². The Balaban J connectivity index is 1.79. The van der Waals surface area contributed by atoms with Gasteiger partial charge in [-0.05, 0) is 47.2 Å². The molecular weight excluding hydrogens is 400 g/mol. The van der Waals surface area contributed by atoms with Crippen molar-refractivity contribution in [1.29, 1.82) is 0 Å². The first-order chi connectivity index (χ1) is 12.0. The molecule has 2 aromatic rings. The highest BCUT2D eigenvalue weighted by Gasteiger charge is 2.35. The fourth-order valence-corrected chi connectivity index (χ4v) is 3.70. The van der Waals surface area contributed by atoms with E-state index in [0.717, 1.165) is 33.0 Å². The smallest absolute Gasteiger partial charge is 0.293 e. The molecule has 4 nitrogen and oxygen atoms in total. The van der Waals surface area contributed by atoms with E-state index >= 15 is 0 Å². The van der Waals surface area contributed by atoms with E-state index in [0.29, 0.717) is 4.91 Å². The normalized spacial score (nSPS) is 16.0. The number of halogens is 1. The number of hydrogen-bond acceptors (Lipinski definition) is 4. The Bertz CT molecular complexity index is 847. The fourth-order valence-electron chi connectivity index (χ4n) is 2.45. The zero-order chi connectivity index (χ0) is 18.0. The Morgan fingerprint density at radius 1 is 1.08 bits per heavy atom. The zero-order valence-corrected chi connectivity index (χ0v) is 16.3. The van der Waals surface area contributed by atoms with Crippen LogP contribution in [0.2, 0.25) is 0 Å². The van der Waals surface area contributed by atoms with Crippen LogP contribution in [0.4, 0.5) is 10.5 Å². The van der Waals surface area contributed by atoms with E-state index in [9.17, 15) is 9.59 Å². The number of hydrogen-bond donors (Lipinski definition) is 0. The van der Waals surface area contributed by atoms with E-state index in [1.54, 1.807) is 6.08 Å². The molecule has 1 fully saturated rings. The summed E-state index contributed by atoms with van der Waals surface area (Å²) in [6, 6.07) is 15.4. The monoisotopic (exact) mass is 416 g/mol. The predicted octanol–water partition coefficient (Wildman–Crippen LogP) is 4.75. The molecule has 1 aliphatic rings. The van der Waals surface area contributed by atoms with Crippen LogP contribution < -0.4 is 4.90 Å². The molecule has 0 N–H and O–H groups in total. The van der Waals surface area contributed by atoms with Gasteiger partial charge in [-0.3, -0.25) is 14.5 Å². The van der Waals surface area contributed by atoms with Gasteiger partial charge in [0.2, 0.25) is 0 Å². The van der Waals surface area contributed by atoms with E-state index in [2.05, 4.69) is 15.9 Å². The molecule has 0 spiro atoms. The molecule has 128 valence electrons. The Kier molecular flexibility index (Phi) is 5.30. The van der Waals surface area contributed by atoms with E-state index in [1.807, 2.05) is 67.5 Å². The molecule has 0 radical (unpaired) electrons. The molecule has 0 saturated carbocycles. The van der Waals surface area contributed by atoms with Gasteiger partial charge in [0.15, 0.2) is 0 Å². The maximum absolute atomic E-state index is 12.6. The SMILES string of the molecule is CN(C)c1ccc(/C=C2/SC(=O)N(Cc3ccccc3Br)C2=O)cc1. The maximum Gasteiger partial charge on any atom is 0.293 e. The number of nitrogens with zero attached hydrogens (tertiary/aromatic N) is 2. The number of thioether (sulfide) groups is 1. The molecule has 2 amide bonds. The van der Waals surface area contributed by atoms with Crippen LogP contribution in [-0.2, 0) is 11.3 Å². The lowest BCUT2D eigenvalue weighted by atomic mass is 10.1. The molecule has 1 aliphatic heterocycles. The van der Waals surface area contributed by atoms with Crippen LogP contribution in [0.15, 0.2) is 57.9 Å². The van der Waals surface area contributed by atoms with Crippen molar-refractivity contribution in [3.05, 3.63) is 69.0 Å². The minimum atomic E-state index is -0.248. The molecule has 1 heterocycles. The lowest BCUT2D eigenvalue weighted by Crippen LogP contribution is -2.27. The minimum Gasteiger partial charge on any atom is -0.378 e. The third-order valence-corrected chi connectivity index (χ3v) is 5.55. The summed E-state index contributed by atoms with van der Waals surface area (Å²) in [4.78, 5) is 28.6. The molecule has 3 rings (SSSR count). The minimum absolute atomic E-state index is 0.239. The fraction of sp³-hybridized carbons (Fsp3) is 0.158. The molecule has 0 unspecified atom stereocenters. The summed E-state index contributed by atoms with van der Waals surface area (Å²) in [7, 11) is 3.95. The van der Waals surface area contributed by atoms with Gasteiger partial charge < -0.3 is 4.90 Å². The van der Waals surface area contributed by atoms with Crippen LogP contribution >= 0.6 is 27.7 Å². The van der Waals surface area contributed by atoms with Crippen LogP contribution in [0.1, 0.15) is 11.1 Å². The van der Waals surface area contributed by atoms with Crippen molar-refractivity contribution in [2.75, 3.05) is 19.0 Å². The molecule has 0 bridgehead atoms. The lowest BCUT2D eigenvalue weighted by molar-refractivity contribution is -0.123. The molecule has 2 aromatic carbocycles. The Morgan fingerprint density at radius 2 is 1.76 bits per heavy atom. The highest BCUT2D eigenvalue weighted by molar-refractivity contribution is 9.10. The van der Waals surface area contributed by atoms with Crippen molar-refractivity contribution in [1.82, 2.24) is 4.90 Å². The number of carbonyl (C=O) groups is 2. The van der Waals surface area contributed by atoms with E-state index in [-0.39, 0.29) is 17.7 Å². The van der Waals surface area contributed by atoms with Gasteiger partial charge in [-0.15, -0.1) is 0 Å². The van der Waals surface area contributed by atoms with Crippen molar-refractivity contribution < 1.29 is 9.59 Å². The summed E-state index contributed by atoms with van der Waals surface area (Å²) in [5, 5.41) is -0.239. The molecule has 25 heavy (non-hydrogen) atoms. The number of carbonyl (C=O) groups excluding carboxylic acids is 2. The van der Waals surface area contributed by atoms with Crippen molar-refractivity contribution in [2.45, 2.75) is 6.54 Å². The first kappa shape index (κ1) is 17.8. The van der Waals surface area contributed by atoms with E-state index < -0.39 is 0 Å². The van der Waals surface area contributed by atoms with Crippen molar-refractivity contribution >= 4 is 50.6 Å². The van der Waals surface area contributed by atoms with Crippen LogP contribution in [0.25, 0.3) is 6.08 Å². The van der Waals surface area contributed by atoms with Crippen molar-refractivity contribution in [3.63, 3.8) is 0 Å². The van der Waals surface area contributed by atoms with Crippen LogP contribution in [0.3, 0.4) is 0 Å². The average molecular weight is 417 g/mol. The Hall–Kier alpha value is -2.05. The molecular formula is C19H17BrN2O2S. The number of imide groups is 1. The predicted molar refractivity (Wildman–Crippen MR) is 106 cm³/mol. The highest BCUT2D eigenvalue weighted by atomic mass is 79.9. The third kappa shape index (κ3) is 3.96. The zero-order valence-electron chi connectivity index (χ0n) is 13.9. The van der Waals surface area contributed by atoms with Crippen molar-refractivity contribution in [3.8, 4) is 0 Å². The number of amides is 2. The molecule has 0 atom stereocenters. The van der Waals surface area contributed by atoms with E-state index in [1.165, 1.54) is 4.90 Å². The van der Waals surface area contributed by atoms with Gasteiger partial charge in [-0.2, -0.15) is 0 Å². The van der Waals surface area contributed by atoms with Crippen molar-refractivity contribution in [2.24, 2.45) is 0 Å². The third-order valence-electron chi connectivity index (χ3n) is 3.87. The summed E-state index contributed by atoms with van der Waals surface area (Å²) in [6.07, 6.45) is 1.77. The highest BCUT2D eigenvalue weighted by Crippen LogP contribution is 2.34. The maximum atomic E-state index is 12.6. The first-order valence-corrected chi connectivity index (χ1v) is 9.33. The van der Waals surface area contributed by atoms with Crippen LogP contribution in [0, 0.1) is 0 Å².